The molecule has 2 rings (SSSR count). The largest absolute Gasteiger partial charge is 0.384 e. The summed E-state index contributed by atoms with van der Waals surface area (Å²) in [4.78, 5) is 10.4. The van der Waals surface area contributed by atoms with Crippen molar-refractivity contribution in [2.24, 2.45) is 5.84 Å². The van der Waals surface area contributed by atoms with Crippen molar-refractivity contribution in [1.29, 1.82) is 0 Å². The monoisotopic (exact) mass is 268 g/mol. The van der Waals surface area contributed by atoms with Crippen molar-refractivity contribution >= 4 is 28.8 Å². The van der Waals surface area contributed by atoms with Crippen molar-refractivity contribution in [3.05, 3.63) is 28.3 Å². The van der Waals surface area contributed by atoms with Gasteiger partial charge in [-0.1, -0.05) is 0 Å². The number of hydrogen-bond acceptors (Lipinski definition) is 6. The summed E-state index contributed by atoms with van der Waals surface area (Å²) in [6.45, 7) is 0.829. The van der Waals surface area contributed by atoms with Crippen molar-refractivity contribution in [3.8, 4) is 0 Å². The number of hydrogen-bond donors (Lipinski definition) is 3. The number of non-ortho nitro benzene ring substituents is 1. The molecule has 0 bridgehead atoms. The standard InChI is InChI=1S/C11H16N4O2S/c12-14-9-4-8(5-10(6-9)15(16)17)13-7-11-2-1-3-18-11/h4-6,11,13-14H,1-3,7,12H2. The molecular weight excluding hydrogens is 252 g/mol. The molecule has 0 aromatic heterocycles. The van der Waals surface area contributed by atoms with E-state index in [2.05, 4.69) is 10.7 Å². The minimum atomic E-state index is -0.420. The highest BCUT2D eigenvalue weighted by Gasteiger charge is 2.16. The number of nitrogen functional groups attached to an aromatic ring is 1. The number of anilines is 2. The number of rotatable bonds is 5. The van der Waals surface area contributed by atoms with Crippen LogP contribution in [0.4, 0.5) is 17.1 Å². The molecule has 0 amide bonds. The van der Waals surface area contributed by atoms with Crippen molar-refractivity contribution < 1.29 is 4.92 Å². The summed E-state index contributed by atoms with van der Waals surface area (Å²) in [5, 5.41) is 14.6. The quantitative estimate of drug-likeness (QED) is 0.430. The van der Waals surface area contributed by atoms with E-state index >= 15 is 0 Å². The zero-order chi connectivity index (χ0) is 13.0. The van der Waals surface area contributed by atoms with Gasteiger partial charge >= 0.3 is 0 Å². The highest BCUT2D eigenvalue weighted by molar-refractivity contribution is 8.00. The second-order valence-electron chi connectivity index (χ2n) is 4.19. The molecule has 1 fully saturated rings. The number of benzene rings is 1. The summed E-state index contributed by atoms with van der Waals surface area (Å²) < 4.78 is 0. The van der Waals surface area contributed by atoms with Crippen LogP contribution in [0.2, 0.25) is 0 Å². The van der Waals surface area contributed by atoms with Crippen LogP contribution in [-0.2, 0) is 0 Å². The predicted molar refractivity (Wildman–Crippen MR) is 74.9 cm³/mol. The highest BCUT2D eigenvalue weighted by Crippen LogP contribution is 2.28. The van der Waals surface area contributed by atoms with Gasteiger partial charge in [0, 0.05) is 29.6 Å². The van der Waals surface area contributed by atoms with Gasteiger partial charge in [-0.05, 0) is 24.7 Å². The lowest BCUT2D eigenvalue weighted by Gasteiger charge is -2.12. The Bertz CT molecular complexity index is 435. The van der Waals surface area contributed by atoms with Crippen LogP contribution in [0.1, 0.15) is 12.8 Å². The van der Waals surface area contributed by atoms with Gasteiger partial charge in [0.15, 0.2) is 0 Å². The third kappa shape index (κ3) is 3.27. The number of nitrogens with zero attached hydrogens (tertiary/aromatic N) is 1. The first-order chi connectivity index (χ1) is 8.69. The smallest absolute Gasteiger partial charge is 0.273 e. The molecular formula is C11H16N4O2S. The Kier molecular flexibility index (Phi) is 4.27. The van der Waals surface area contributed by atoms with Gasteiger partial charge in [-0.3, -0.25) is 16.0 Å². The van der Waals surface area contributed by atoms with Crippen LogP contribution in [0.5, 0.6) is 0 Å². The van der Waals surface area contributed by atoms with E-state index in [-0.39, 0.29) is 5.69 Å². The van der Waals surface area contributed by atoms with Crippen LogP contribution in [0.25, 0.3) is 0 Å². The lowest BCUT2D eigenvalue weighted by molar-refractivity contribution is -0.384. The number of nitrogens with one attached hydrogen (secondary N) is 2. The Hall–Kier alpha value is -1.47. The first-order valence-electron chi connectivity index (χ1n) is 5.80. The molecule has 6 nitrogen and oxygen atoms in total. The van der Waals surface area contributed by atoms with E-state index in [1.165, 1.54) is 30.7 Å². The minimum absolute atomic E-state index is 0.0343. The van der Waals surface area contributed by atoms with E-state index in [9.17, 15) is 10.1 Å². The van der Waals surface area contributed by atoms with Gasteiger partial charge in [-0.25, -0.2) is 0 Å². The Morgan fingerprint density at radius 2 is 2.22 bits per heavy atom. The number of nitro groups is 1. The number of nitro benzene ring substituents is 1. The zero-order valence-corrected chi connectivity index (χ0v) is 10.7. The third-order valence-electron chi connectivity index (χ3n) is 2.85. The number of thioether (sulfide) groups is 1. The van der Waals surface area contributed by atoms with Crippen molar-refractivity contribution in [3.63, 3.8) is 0 Å². The Balaban J connectivity index is 2.05. The molecule has 1 saturated heterocycles. The normalized spacial score (nSPS) is 18.6. The fourth-order valence-corrected chi connectivity index (χ4v) is 3.14. The highest BCUT2D eigenvalue weighted by atomic mass is 32.2. The van der Waals surface area contributed by atoms with E-state index in [1.54, 1.807) is 6.07 Å². The van der Waals surface area contributed by atoms with E-state index in [1.807, 2.05) is 11.8 Å². The van der Waals surface area contributed by atoms with Crippen LogP contribution in [-0.4, -0.2) is 22.5 Å². The zero-order valence-electron chi connectivity index (χ0n) is 9.89. The molecule has 1 heterocycles. The van der Waals surface area contributed by atoms with Crippen molar-refractivity contribution in [1.82, 2.24) is 0 Å². The summed E-state index contributed by atoms with van der Waals surface area (Å²) in [6.07, 6.45) is 2.45. The Labute approximate surface area is 109 Å². The van der Waals surface area contributed by atoms with E-state index in [0.29, 0.717) is 10.9 Å². The molecule has 0 saturated carbocycles. The maximum atomic E-state index is 10.8. The molecule has 7 heteroatoms. The number of hydrazine groups is 1. The molecule has 4 N–H and O–H groups in total. The second-order valence-corrected chi connectivity index (χ2v) is 5.59. The van der Waals surface area contributed by atoms with Crippen LogP contribution in [0.3, 0.4) is 0 Å². The van der Waals surface area contributed by atoms with Crippen LogP contribution < -0.4 is 16.6 Å². The molecule has 1 aliphatic heterocycles. The molecule has 0 spiro atoms. The van der Waals surface area contributed by atoms with Gasteiger partial charge in [-0.15, -0.1) is 0 Å². The molecule has 1 aromatic carbocycles. The maximum Gasteiger partial charge on any atom is 0.273 e. The summed E-state index contributed by atoms with van der Waals surface area (Å²) in [5.74, 6) is 6.51. The molecule has 1 atom stereocenters. The van der Waals surface area contributed by atoms with E-state index < -0.39 is 4.92 Å². The first kappa shape index (κ1) is 13.0. The van der Waals surface area contributed by atoms with Gasteiger partial charge in [0.1, 0.15) is 0 Å². The van der Waals surface area contributed by atoms with E-state index in [0.717, 1.165) is 12.2 Å². The maximum absolute atomic E-state index is 10.8. The average Bonchev–Trinajstić information content (AvgIpc) is 2.89. The SMILES string of the molecule is NNc1cc(NCC2CCCS2)cc([N+](=O)[O-])c1. The van der Waals surface area contributed by atoms with Crippen molar-refractivity contribution in [2.45, 2.75) is 18.1 Å². The summed E-state index contributed by atoms with van der Waals surface area (Å²) in [5.41, 5.74) is 3.73. The van der Waals surface area contributed by atoms with Gasteiger partial charge in [-0.2, -0.15) is 11.8 Å². The van der Waals surface area contributed by atoms with Crippen LogP contribution >= 0.6 is 11.8 Å². The third-order valence-corrected chi connectivity index (χ3v) is 4.25. The van der Waals surface area contributed by atoms with E-state index in [4.69, 9.17) is 5.84 Å². The topological polar surface area (TPSA) is 93.2 Å². The lowest BCUT2D eigenvalue weighted by atomic mass is 10.2. The Morgan fingerprint density at radius 3 is 2.83 bits per heavy atom. The molecule has 1 aromatic rings. The molecule has 0 aliphatic carbocycles. The summed E-state index contributed by atoms with van der Waals surface area (Å²) in [6, 6.07) is 4.71. The molecule has 0 radical (unpaired) electrons. The summed E-state index contributed by atoms with van der Waals surface area (Å²) in [7, 11) is 0. The fraction of sp³-hybridized carbons (Fsp3) is 0.455. The lowest BCUT2D eigenvalue weighted by Crippen LogP contribution is -2.14. The molecule has 1 aliphatic rings. The van der Waals surface area contributed by atoms with Gasteiger partial charge < -0.3 is 10.7 Å². The van der Waals surface area contributed by atoms with Gasteiger partial charge in [0.2, 0.25) is 0 Å². The fourth-order valence-electron chi connectivity index (χ4n) is 1.94. The van der Waals surface area contributed by atoms with Crippen LogP contribution in [0, 0.1) is 10.1 Å². The van der Waals surface area contributed by atoms with Crippen LogP contribution in [0.15, 0.2) is 18.2 Å². The Morgan fingerprint density at radius 1 is 1.44 bits per heavy atom. The molecule has 18 heavy (non-hydrogen) atoms. The molecule has 98 valence electrons. The summed E-state index contributed by atoms with van der Waals surface area (Å²) >= 11 is 1.95. The first-order valence-corrected chi connectivity index (χ1v) is 6.85. The second kappa shape index (κ2) is 5.92. The van der Waals surface area contributed by atoms with Gasteiger partial charge in [0.25, 0.3) is 5.69 Å². The van der Waals surface area contributed by atoms with Gasteiger partial charge in [0.05, 0.1) is 10.6 Å². The average molecular weight is 268 g/mol. The van der Waals surface area contributed by atoms with Crippen molar-refractivity contribution in [2.75, 3.05) is 23.0 Å². The number of nitrogens with two attached hydrogens (primary N) is 1. The minimum Gasteiger partial charge on any atom is -0.384 e. The molecule has 1 unspecified atom stereocenters. The predicted octanol–water partition coefficient (Wildman–Crippen LogP) is 2.19.